The summed E-state index contributed by atoms with van der Waals surface area (Å²) in [7, 11) is -9.60. The monoisotopic (exact) mass is 546 g/mol. The third-order valence-corrected chi connectivity index (χ3v) is 4.18. The lowest BCUT2D eigenvalue weighted by molar-refractivity contribution is -0.282. The van der Waals surface area contributed by atoms with E-state index in [0.717, 1.165) is 12.8 Å². The van der Waals surface area contributed by atoms with Gasteiger partial charge in [0, 0.05) is 26.1 Å². The predicted molar refractivity (Wildman–Crippen MR) is 87.5 cm³/mol. The zero-order valence-corrected chi connectivity index (χ0v) is 17.3. The lowest BCUT2D eigenvalue weighted by Gasteiger charge is -2.18. The molecule has 0 saturated heterocycles. The molecule has 0 aromatic carbocycles. The molecule has 0 bridgehead atoms. The van der Waals surface area contributed by atoms with Crippen LogP contribution in [0.15, 0.2) is 0 Å². The second kappa shape index (κ2) is 13.7. The average Bonchev–Trinajstić information content (AvgIpc) is 2.54. The number of alkyl halides is 10. The van der Waals surface area contributed by atoms with Crippen LogP contribution in [0.3, 0.4) is 0 Å². The lowest BCUT2D eigenvalue weighted by Crippen LogP contribution is -2.37. The van der Waals surface area contributed by atoms with Gasteiger partial charge in [-0.1, -0.05) is 0 Å². The van der Waals surface area contributed by atoms with Crippen molar-refractivity contribution in [3.8, 4) is 0 Å². The molecule has 0 amide bonds. The number of rotatable bonds is 9. The molecule has 0 aromatic heterocycles. The normalized spacial score (nSPS) is 13.6. The number of aliphatic hydroxyl groups is 2. The summed E-state index contributed by atoms with van der Waals surface area (Å²) in [5.41, 5.74) is 0. The zero-order valence-electron chi connectivity index (χ0n) is 15.7. The van der Waals surface area contributed by atoms with Gasteiger partial charge >= 0.3 is 24.2 Å². The number of hydrogen-bond donors (Lipinski definition) is 4. The Hall–Kier alpha value is -0.960. The van der Waals surface area contributed by atoms with Gasteiger partial charge < -0.3 is 10.2 Å². The van der Waals surface area contributed by atoms with Gasteiger partial charge in [0.1, 0.15) is 0 Å². The third-order valence-electron chi connectivity index (χ3n) is 2.74. The first-order valence-electron chi connectivity index (χ1n) is 7.84. The van der Waals surface area contributed by atoms with Crippen LogP contribution in [-0.2, 0) is 20.2 Å². The van der Waals surface area contributed by atoms with E-state index in [1.807, 2.05) is 0 Å². The van der Waals surface area contributed by atoms with E-state index in [9.17, 15) is 60.7 Å². The third kappa shape index (κ3) is 19.7. The largest absolute Gasteiger partial charge is 0.453 e. The van der Waals surface area contributed by atoms with E-state index in [1.54, 1.807) is 0 Å². The van der Waals surface area contributed by atoms with Gasteiger partial charge in [-0.2, -0.15) is 60.7 Å². The van der Waals surface area contributed by atoms with Crippen LogP contribution >= 0.6 is 0 Å². The van der Waals surface area contributed by atoms with Crippen molar-refractivity contribution in [1.29, 1.82) is 0 Å². The molecule has 0 heterocycles. The van der Waals surface area contributed by atoms with Crippen molar-refractivity contribution in [3.05, 3.63) is 0 Å². The standard InChI is InChI=1S/2C4H5F5O3S.C4H10O2/c2*5-3(6,4(7,8)9)1-2-13(10,11)12;5-3-1-2-4-6/h2*1-2H2,(H,10,11,12);5-6H,1-4H2. The van der Waals surface area contributed by atoms with Gasteiger partial charge in [-0.15, -0.1) is 0 Å². The highest BCUT2D eigenvalue weighted by Crippen LogP contribution is 2.38. The van der Waals surface area contributed by atoms with Gasteiger partial charge in [-0.25, -0.2) is 0 Å². The van der Waals surface area contributed by atoms with Crippen LogP contribution in [0.4, 0.5) is 43.9 Å². The second-order valence-corrected chi connectivity index (χ2v) is 8.77. The van der Waals surface area contributed by atoms with E-state index in [0.29, 0.717) is 0 Å². The van der Waals surface area contributed by atoms with Gasteiger partial charge in [0.25, 0.3) is 20.2 Å². The fourth-order valence-electron chi connectivity index (χ4n) is 1.02. The van der Waals surface area contributed by atoms with Gasteiger partial charge in [0.2, 0.25) is 0 Å². The van der Waals surface area contributed by atoms with Crippen molar-refractivity contribution in [2.75, 3.05) is 24.7 Å². The molecule has 0 radical (unpaired) electrons. The van der Waals surface area contributed by atoms with Crippen LogP contribution in [0.25, 0.3) is 0 Å². The Kier molecular flexibility index (Phi) is 15.2. The Balaban J connectivity index is -0.000000422. The molecule has 0 aromatic rings. The summed E-state index contributed by atoms with van der Waals surface area (Å²) >= 11 is 0. The maximum absolute atomic E-state index is 12.0. The van der Waals surface area contributed by atoms with E-state index in [4.69, 9.17) is 19.3 Å². The maximum Gasteiger partial charge on any atom is 0.453 e. The molecule has 32 heavy (non-hydrogen) atoms. The molecule has 4 N–H and O–H groups in total. The Morgan fingerprint density at radius 2 is 0.750 bits per heavy atom. The molecule has 0 atom stereocenters. The lowest BCUT2D eigenvalue weighted by atomic mass is 10.2. The fourth-order valence-corrected chi connectivity index (χ4v) is 2.05. The van der Waals surface area contributed by atoms with Gasteiger partial charge in [0.05, 0.1) is 11.5 Å². The summed E-state index contributed by atoms with van der Waals surface area (Å²) in [6.45, 7) is 0.390. The maximum atomic E-state index is 12.0. The van der Waals surface area contributed by atoms with Gasteiger partial charge in [-0.3, -0.25) is 9.11 Å². The highest BCUT2D eigenvalue weighted by Gasteiger charge is 2.57. The van der Waals surface area contributed by atoms with Crippen LogP contribution < -0.4 is 0 Å². The van der Waals surface area contributed by atoms with E-state index in [2.05, 4.69) is 0 Å². The molecule has 0 aliphatic rings. The van der Waals surface area contributed by atoms with Crippen molar-refractivity contribution in [2.45, 2.75) is 49.9 Å². The minimum Gasteiger partial charge on any atom is -0.396 e. The molecule has 0 rings (SSSR count). The van der Waals surface area contributed by atoms with Gasteiger partial charge in [0.15, 0.2) is 0 Å². The van der Waals surface area contributed by atoms with Crippen molar-refractivity contribution in [3.63, 3.8) is 0 Å². The molecule has 20 heteroatoms. The van der Waals surface area contributed by atoms with E-state index < -0.39 is 68.8 Å². The molecule has 0 aliphatic carbocycles. The van der Waals surface area contributed by atoms with E-state index >= 15 is 0 Å². The average molecular weight is 546 g/mol. The molecule has 0 aliphatic heterocycles. The predicted octanol–water partition coefficient (Wildman–Crippen LogP) is 2.68. The number of unbranched alkanes of at least 4 members (excludes halogenated alkanes) is 1. The Labute approximate surface area is 175 Å². The summed E-state index contributed by atoms with van der Waals surface area (Å²) in [5, 5.41) is 16.2. The number of hydrogen-bond acceptors (Lipinski definition) is 6. The van der Waals surface area contributed by atoms with Crippen molar-refractivity contribution >= 4 is 20.2 Å². The molecule has 0 spiro atoms. The quantitative estimate of drug-likeness (QED) is 0.196. The van der Waals surface area contributed by atoms with Crippen LogP contribution in [0.5, 0.6) is 0 Å². The summed E-state index contributed by atoms with van der Waals surface area (Å²) in [6, 6.07) is 0. The fraction of sp³-hybridized carbons (Fsp3) is 1.00. The minimum atomic E-state index is -5.79. The molecule has 0 saturated carbocycles. The highest BCUT2D eigenvalue weighted by atomic mass is 32.2. The van der Waals surface area contributed by atoms with Crippen molar-refractivity contribution < 1.29 is 80.1 Å². The van der Waals surface area contributed by atoms with Gasteiger partial charge in [-0.05, 0) is 12.8 Å². The van der Waals surface area contributed by atoms with Crippen molar-refractivity contribution in [1.82, 2.24) is 0 Å². The van der Waals surface area contributed by atoms with E-state index in [1.165, 1.54) is 0 Å². The molecular weight excluding hydrogens is 526 g/mol. The highest BCUT2D eigenvalue weighted by molar-refractivity contribution is 7.86. The van der Waals surface area contributed by atoms with E-state index in [-0.39, 0.29) is 13.2 Å². The first-order valence-corrected chi connectivity index (χ1v) is 11.1. The summed E-state index contributed by atoms with van der Waals surface area (Å²) in [6.07, 6.45) is -14.1. The summed E-state index contributed by atoms with van der Waals surface area (Å²) in [5.74, 6) is -13.4. The second-order valence-electron chi connectivity index (χ2n) is 5.63. The van der Waals surface area contributed by atoms with Crippen LogP contribution in [0, 0.1) is 0 Å². The molecule has 198 valence electrons. The molecular formula is C12H20F10O8S2. The van der Waals surface area contributed by atoms with Crippen LogP contribution in [0.1, 0.15) is 25.7 Å². The molecule has 0 unspecified atom stereocenters. The first kappa shape index (κ1) is 35.6. The summed E-state index contributed by atoms with van der Waals surface area (Å²) in [4.78, 5) is 0. The Morgan fingerprint density at radius 1 is 0.531 bits per heavy atom. The van der Waals surface area contributed by atoms with Crippen LogP contribution in [0.2, 0.25) is 0 Å². The number of aliphatic hydroxyl groups excluding tert-OH is 2. The Morgan fingerprint density at radius 3 is 0.875 bits per heavy atom. The minimum absolute atomic E-state index is 0.195. The molecule has 8 nitrogen and oxygen atoms in total. The smallest absolute Gasteiger partial charge is 0.396 e. The zero-order chi connectivity index (χ0) is 26.7. The Bertz CT molecular complexity index is 655. The topological polar surface area (TPSA) is 149 Å². The first-order chi connectivity index (χ1) is 13.8. The SMILES string of the molecule is O=S(=O)(O)CCC(F)(F)C(F)(F)F.O=S(=O)(O)CCC(F)(F)C(F)(F)F.OCCCCO. The molecule has 0 fully saturated rings. The number of halogens is 10. The van der Waals surface area contributed by atoms with Crippen molar-refractivity contribution in [2.24, 2.45) is 0 Å². The summed E-state index contributed by atoms with van der Waals surface area (Å²) < 4.78 is 171. The van der Waals surface area contributed by atoms with Crippen LogP contribution in [-0.4, -0.2) is 85.1 Å².